The highest BCUT2D eigenvalue weighted by atomic mass is 19.1. The normalized spacial score (nSPS) is 16.0. The molecule has 0 amide bonds. The van der Waals surface area contributed by atoms with Crippen molar-refractivity contribution >= 4 is 22.2 Å². The molecule has 220 valence electrons. The quantitative estimate of drug-likeness (QED) is 0.259. The summed E-state index contributed by atoms with van der Waals surface area (Å²) in [6.45, 7) is 4.55. The van der Waals surface area contributed by atoms with Gasteiger partial charge >= 0.3 is 5.76 Å². The Bertz CT molecular complexity index is 1960. The summed E-state index contributed by atoms with van der Waals surface area (Å²) in [6.07, 6.45) is 1.89. The van der Waals surface area contributed by atoms with Crippen LogP contribution in [0, 0.1) is 11.7 Å². The molecular formula is C33H31FN4O5. The van der Waals surface area contributed by atoms with E-state index in [1.165, 1.54) is 12.1 Å². The molecule has 5 aromatic rings. The number of para-hydroxylation sites is 1. The number of aliphatic hydroxyl groups is 1. The standard InChI is InChI=1S/C33H31FN4O5/c1-33(2,40)24-5-4-6-25-30(24)35-27(17-41-3)38(25)15-18-7-11-22-20(13-18)16-42-26-14-21(34)10-12-23(26)29(22)28(19-8-9-19)31-36-32(39)43-37-31/h4-7,10-14,19,40H,8-9,15-17H2,1-3H3,(H,36,37,39). The van der Waals surface area contributed by atoms with Crippen LogP contribution in [-0.2, 0) is 30.1 Å². The summed E-state index contributed by atoms with van der Waals surface area (Å²) in [4.78, 5) is 19.6. The van der Waals surface area contributed by atoms with E-state index >= 15 is 0 Å². The van der Waals surface area contributed by atoms with E-state index < -0.39 is 17.2 Å². The van der Waals surface area contributed by atoms with Crippen LogP contribution in [0.3, 0.4) is 0 Å². The number of rotatable bonds is 7. The molecular weight excluding hydrogens is 551 g/mol. The number of fused-ring (bicyclic) bond motifs is 3. The first-order valence-electron chi connectivity index (χ1n) is 14.3. The van der Waals surface area contributed by atoms with E-state index in [0.29, 0.717) is 24.7 Å². The molecule has 3 heterocycles. The van der Waals surface area contributed by atoms with E-state index in [9.17, 15) is 14.3 Å². The third-order valence-corrected chi connectivity index (χ3v) is 8.12. The van der Waals surface area contributed by atoms with Crippen LogP contribution in [0.1, 0.15) is 66.2 Å². The molecule has 9 nitrogen and oxygen atoms in total. The summed E-state index contributed by atoms with van der Waals surface area (Å²) in [5.74, 6) is 0.717. The number of ether oxygens (including phenoxy) is 2. The van der Waals surface area contributed by atoms with Crippen molar-refractivity contribution in [3.63, 3.8) is 0 Å². The number of hydrogen-bond acceptors (Lipinski definition) is 7. The predicted octanol–water partition coefficient (Wildman–Crippen LogP) is 5.54. The summed E-state index contributed by atoms with van der Waals surface area (Å²) in [5, 5.41) is 14.8. The highest BCUT2D eigenvalue weighted by Gasteiger charge is 2.35. The van der Waals surface area contributed by atoms with Crippen LogP contribution in [0.4, 0.5) is 4.39 Å². The Balaban J connectivity index is 1.38. The highest BCUT2D eigenvalue weighted by Crippen LogP contribution is 2.49. The fourth-order valence-corrected chi connectivity index (χ4v) is 6.04. The lowest BCUT2D eigenvalue weighted by Crippen LogP contribution is -2.16. The number of nitrogens with one attached hydrogen (secondary N) is 1. The molecule has 0 bridgehead atoms. The molecule has 2 N–H and O–H groups in total. The van der Waals surface area contributed by atoms with Gasteiger partial charge in [-0.3, -0.25) is 9.51 Å². The summed E-state index contributed by atoms with van der Waals surface area (Å²) in [5.41, 5.74) is 6.62. The van der Waals surface area contributed by atoms with Crippen molar-refractivity contribution in [3.05, 3.63) is 110 Å². The van der Waals surface area contributed by atoms with E-state index in [1.807, 2.05) is 18.2 Å². The Hall–Kier alpha value is -4.54. The van der Waals surface area contributed by atoms with Gasteiger partial charge in [0.05, 0.1) is 16.6 Å². The van der Waals surface area contributed by atoms with Crippen molar-refractivity contribution in [2.24, 2.45) is 5.92 Å². The van der Waals surface area contributed by atoms with Gasteiger partial charge in [0.15, 0.2) is 5.82 Å². The minimum Gasteiger partial charge on any atom is -0.488 e. The number of H-pyrrole nitrogens is 1. The number of hydrogen-bond donors (Lipinski definition) is 2. The highest BCUT2D eigenvalue weighted by molar-refractivity contribution is 6.01. The van der Waals surface area contributed by atoms with Crippen LogP contribution >= 0.6 is 0 Å². The van der Waals surface area contributed by atoms with Crippen LogP contribution in [0.5, 0.6) is 5.75 Å². The molecule has 7 rings (SSSR count). The molecule has 43 heavy (non-hydrogen) atoms. The van der Waals surface area contributed by atoms with Crippen LogP contribution < -0.4 is 10.5 Å². The number of imidazole rings is 1. The van der Waals surface area contributed by atoms with Gasteiger partial charge in [0.2, 0.25) is 0 Å². The van der Waals surface area contributed by atoms with E-state index in [1.54, 1.807) is 27.0 Å². The van der Waals surface area contributed by atoms with Crippen molar-refractivity contribution < 1.29 is 23.5 Å². The number of aromatic amines is 1. The van der Waals surface area contributed by atoms with Crippen molar-refractivity contribution in [1.29, 1.82) is 0 Å². The smallest absolute Gasteiger partial charge is 0.439 e. The maximum absolute atomic E-state index is 14.4. The lowest BCUT2D eigenvalue weighted by atomic mass is 9.87. The van der Waals surface area contributed by atoms with Gasteiger partial charge in [0.25, 0.3) is 0 Å². The number of methoxy groups -OCH3 is 1. The summed E-state index contributed by atoms with van der Waals surface area (Å²) >= 11 is 0. The first-order chi connectivity index (χ1) is 20.7. The molecule has 0 spiro atoms. The predicted molar refractivity (Wildman–Crippen MR) is 158 cm³/mol. The van der Waals surface area contributed by atoms with Crippen LogP contribution in [0.15, 0.2) is 63.9 Å². The molecule has 1 saturated carbocycles. The Labute approximate surface area is 246 Å². The van der Waals surface area contributed by atoms with Crippen molar-refractivity contribution in [1.82, 2.24) is 19.7 Å². The van der Waals surface area contributed by atoms with Gasteiger partial charge in [-0.15, -0.1) is 0 Å². The first kappa shape index (κ1) is 27.3. The van der Waals surface area contributed by atoms with Gasteiger partial charge in [-0.25, -0.2) is 14.2 Å². The monoisotopic (exact) mass is 582 g/mol. The van der Waals surface area contributed by atoms with Crippen molar-refractivity contribution in [2.75, 3.05) is 7.11 Å². The summed E-state index contributed by atoms with van der Waals surface area (Å²) in [6, 6.07) is 16.6. The van der Waals surface area contributed by atoms with Gasteiger partial charge in [-0.2, -0.15) is 0 Å². The van der Waals surface area contributed by atoms with Gasteiger partial charge < -0.3 is 19.1 Å². The molecule has 10 heteroatoms. The van der Waals surface area contributed by atoms with Gasteiger partial charge in [-0.05, 0) is 73.6 Å². The fourth-order valence-electron chi connectivity index (χ4n) is 6.04. The topological polar surface area (TPSA) is 115 Å². The third kappa shape index (κ3) is 4.96. The van der Waals surface area contributed by atoms with Crippen molar-refractivity contribution in [2.45, 2.75) is 52.0 Å². The minimum atomic E-state index is -1.06. The molecule has 3 aromatic carbocycles. The Morgan fingerprint density at radius 1 is 1.16 bits per heavy atom. The Morgan fingerprint density at radius 3 is 2.70 bits per heavy atom. The largest absolute Gasteiger partial charge is 0.488 e. The lowest BCUT2D eigenvalue weighted by molar-refractivity contribution is 0.0800. The number of benzene rings is 3. The zero-order valence-corrected chi connectivity index (χ0v) is 24.1. The second-order valence-electron chi connectivity index (χ2n) is 11.7. The number of allylic oxidation sites excluding steroid dienone is 1. The number of halogens is 1. The molecule has 0 saturated heterocycles. The lowest BCUT2D eigenvalue weighted by Gasteiger charge is -2.18. The van der Waals surface area contributed by atoms with Gasteiger partial charge in [-0.1, -0.05) is 29.4 Å². The third-order valence-electron chi connectivity index (χ3n) is 8.12. The second-order valence-corrected chi connectivity index (χ2v) is 11.7. The van der Waals surface area contributed by atoms with Gasteiger partial charge in [0.1, 0.15) is 30.6 Å². The second kappa shape index (κ2) is 10.3. The van der Waals surface area contributed by atoms with E-state index in [4.69, 9.17) is 19.0 Å². The average molecular weight is 583 g/mol. The Morgan fingerprint density at radius 2 is 1.98 bits per heavy atom. The maximum atomic E-state index is 14.4. The van der Waals surface area contributed by atoms with E-state index in [-0.39, 0.29) is 12.5 Å². The van der Waals surface area contributed by atoms with E-state index in [2.05, 4.69) is 32.9 Å². The molecule has 0 unspecified atom stereocenters. The SMILES string of the molecule is COCc1nc2c(C(C)(C)O)cccc2n1Cc1ccc2c(c1)COc1cc(F)ccc1C2=C(c1noc(=O)[nH]1)C1CC1. The van der Waals surface area contributed by atoms with Crippen LogP contribution in [-0.4, -0.2) is 31.9 Å². The van der Waals surface area contributed by atoms with Gasteiger partial charge in [0, 0.05) is 42.0 Å². The molecule has 0 atom stereocenters. The average Bonchev–Trinajstić information content (AvgIpc) is 3.66. The molecule has 1 aliphatic carbocycles. The van der Waals surface area contributed by atoms with E-state index in [0.717, 1.165) is 68.7 Å². The van der Waals surface area contributed by atoms with Crippen LogP contribution in [0.25, 0.3) is 22.2 Å². The number of aromatic nitrogens is 4. The molecule has 1 aliphatic heterocycles. The number of nitrogens with zero attached hydrogens (tertiary/aromatic N) is 3. The Kier molecular flexibility index (Phi) is 6.55. The molecule has 2 aromatic heterocycles. The molecule has 2 aliphatic rings. The summed E-state index contributed by atoms with van der Waals surface area (Å²) < 4.78 is 33.1. The first-order valence-corrected chi connectivity index (χ1v) is 14.3. The van der Waals surface area contributed by atoms with Crippen molar-refractivity contribution in [3.8, 4) is 5.75 Å². The zero-order chi connectivity index (χ0) is 29.9. The zero-order valence-electron chi connectivity index (χ0n) is 24.1. The molecule has 0 radical (unpaired) electrons. The maximum Gasteiger partial charge on any atom is 0.439 e. The minimum absolute atomic E-state index is 0.179. The fraction of sp³-hybridized carbons (Fsp3) is 0.303. The summed E-state index contributed by atoms with van der Waals surface area (Å²) in [7, 11) is 1.63. The molecule has 1 fully saturated rings. The van der Waals surface area contributed by atoms with Crippen LogP contribution in [0.2, 0.25) is 0 Å².